The van der Waals surface area contributed by atoms with Crippen LogP contribution in [0.3, 0.4) is 0 Å². The maximum atomic E-state index is 13.3. The zero-order valence-corrected chi connectivity index (χ0v) is 48.3. The predicted octanol–water partition coefficient (Wildman–Crippen LogP) is 5.65. The molecule has 0 aromatic carbocycles. The van der Waals surface area contributed by atoms with Gasteiger partial charge in [-0.25, -0.2) is 0 Å². The Labute approximate surface area is 477 Å². The van der Waals surface area contributed by atoms with Crippen LogP contribution in [0.2, 0.25) is 0 Å². The number of allylic oxidation sites excluding steroid dienone is 9. The molecule has 464 valence electrons. The summed E-state index contributed by atoms with van der Waals surface area (Å²) in [6, 6.07) is -0.979. The molecule has 0 aliphatic carbocycles. The van der Waals surface area contributed by atoms with Gasteiger partial charge < -0.3 is 89.9 Å². The van der Waals surface area contributed by atoms with Crippen molar-refractivity contribution < 1.29 is 89.4 Å². The highest BCUT2D eigenvalue weighted by Gasteiger charge is 2.53. The van der Waals surface area contributed by atoms with E-state index < -0.39 is 124 Å². The number of aliphatic hydroxyl groups excluding tert-OH is 11. The summed E-state index contributed by atoms with van der Waals surface area (Å²) in [6.45, 7) is 1.59. The van der Waals surface area contributed by atoms with Gasteiger partial charge in [0.2, 0.25) is 5.91 Å². The van der Waals surface area contributed by atoms with Gasteiger partial charge in [0.05, 0.1) is 38.6 Å². The summed E-state index contributed by atoms with van der Waals surface area (Å²) in [5.41, 5.74) is 0. The molecule has 0 aromatic rings. The minimum atomic E-state index is -1.98. The fraction of sp³-hybridized carbons (Fsp3) is 0.820. The summed E-state index contributed by atoms with van der Waals surface area (Å²) in [6.07, 6.45) is 23.3. The summed E-state index contributed by atoms with van der Waals surface area (Å²) in [7, 11) is 0. The molecule has 0 radical (unpaired) electrons. The Morgan fingerprint density at radius 1 is 0.463 bits per heavy atom. The summed E-state index contributed by atoms with van der Waals surface area (Å²) >= 11 is 0. The van der Waals surface area contributed by atoms with Crippen LogP contribution < -0.4 is 5.32 Å². The Hall–Kier alpha value is -2.51. The van der Waals surface area contributed by atoms with Crippen LogP contribution in [-0.2, 0) is 33.2 Å². The predicted molar refractivity (Wildman–Crippen MR) is 305 cm³/mol. The van der Waals surface area contributed by atoms with E-state index in [1.54, 1.807) is 6.08 Å². The Bertz CT molecular complexity index is 1700. The van der Waals surface area contributed by atoms with Crippen molar-refractivity contribution in [2.24, 2.45) is 0 Å². The average molecular weight is 1140 g/mol. The first kappa shape index (κ1) is 71.8. The molecule has 17 unspecified atom stereocenters. The second kappa shape index (κ2) is 44.0. The molecule has 3 heterocycles. The SMILES string of the molecule is CC/C=C\C/C=C\C/C=C\C/C=C\CCCCCCCCCCC(=O)NC(COC1OC(CO)C(OC2OC(CO)C(OC3OC(CO)C(O)C(O)C3O)C(O)C2O)C(O)C1O)C(O)/C=C/CCCCCCCCCCCCCC. The lowest BCUT2D eigenvalue weighted by molar-refractivity contribution is -0.379. The van der Waals surface area contributed by atoms with Crippen molar-refractivity contribution in [1.82, 2.24) is 5.32 Å². The van der Waals surface area contributed by atoms with Crippen molar-refractivity contribution >= 4 is 5.91 Å². The van der Waals surface area contributed by atoms with Crippen molar-refractivity contribution in [3.63, 3.8) is 0 Å². The van der Waals surface area contributed by atoms with E-state index in [2.05, 4.69) is 67.8 Å². The summed E-state index contributed by atoms with van der Waals surface area (Å²) < 4.78 is 34.2. The smallest absolute Gasteiger partial charge is 0.220 e. The number of ether oxygens (including phenoxy) is 6. The first-order valence-electron chi connectivity index (χ1n) is 30.5. The van der Waals surface area contributed by atoms with E-state index in [1.807, 2.05) is 6.08 Å². The lowest BCUT2D eigenvalue weighted by Gasteiger charge is -2.48. The summed E-state index contributed by atoms with van der Waals surface area (Å²) in [5.74, 6) is -0.287. The third-order valence-corrected chi connectivity index (χ3v) is 15.1. The van der Waals surface area contributed by atoms with Gasteiger partial charge >= 0.3 is 0 Å². The van der Waals surface area contributed by atoms with Gasteiger partial charge in [0.25, 0.3) is 0 Å². The maximum absolute atomic E-state index is 13.3. The molecule has 3 rings (SSSR count). The van der Waals surface area contributed by atoms with E-state index in [0.29, 0.717) is 6.42 Å². The van der Waals surface area contributed by atoms with E-state index in [-0.39, 0.29) is 18.9 Å². The first-order chi connectivity index (χ1) is 38.8. The minimum Gasteiger partial charge on any atom is -0.394 e. The van der Waals surface area contributed by atoms with Crippen molar-refractivity contribution in [1.29, 1.82) is 0 Å². The average Bonchev–Trinajstić information content (AvgIpc) is 3.45. The molecule has 19 heteroatoms. The van der Waals surface area contributed by atoms with Gasteiger partial charge in [0, 0.05) is 6.42 Å². The normalized spacial score (nSPS) is 30.4. The topological polar surface area (TPSA) is 307 Å². The van der Waals surface area contributed by atoms with Gasteiger partial charge in [-0.05, 0) is 57.8 Å². The molecule has 0 spiro atoms. The highest BCUT2D eigenvalue weighted by Crippen LogP contribution is 2.33. The van der Waals surface area contributed by atoms with E-state index in [4.69, 9.17) is 28.4 Å². The molecular weight excluding hydrogens is 1030 g/mol. The van der Waals surface area contributed by atoms with Crippen LogP contribution in [0.1, 0.15) is 187 Å². The largest absolute Gasteiger partial charge is 0.394 e. The number of rotatable bonds is 44. The van der Waals surface area contributed by atoms with Crippen LogP contribution in [0.15, 0.2) is 60.8 Å². The number of nitrogens with one attached hydrogen (secondary N) is 1. The van der Waals surface area contributed by atoms with E-state index in [9.17, 15) is 61.0 Å². The van der Waals surface area contributed by atoms with Gasteiger partial charge in [-0.15, -0.1) is 0 Å². The van der Waals surface area contributed by atoms with Crippen LogP contribution in [0.4, 0.5) is 0 Å². The van der Waals surface area contributed by atoms with Gasteiger partial charge in [-0.3, -0.25) is 4.79 Å². The lowest BCUT2D eigenvalue weighted by atomic mass is 9.96. The second-order valence-corrected chi connectivity index (χ2v) is 21.8. The van der Waals surface area contributed by atoms with Crippen molar-refractivity contribution in [3.8, 4) is 0 Å². The molecule has 0 bridgehead atoms. The zero-order chi connectivity index (χ0) is 58.3. The number of hydrogen-bond donors (Lipinski definition) is 12. The second-order valence-electron chi connectivity index (χ2n) is 21.8. The standard InChI is InChI=1S/C61H107NO18/c1-3-5-7-9-11-13-15-17-19-20-21-22-23-24-25-27-29-31-33-35-37-39-49(67)62-44(45(66)38-36-34-32-30-28-26-18-16-14-12-10-8-6-4-2)43-75-59-55(73)52(70)57(47(41-64)77-59)80-61-56(74)53(71)58(48(42-65)78-61)79-60-54(72)51(69)50(68)46(40-63)76-60/h5,7,11,13,17,19,21-22,36,38,44-48,50-61,63-66,68-74H,3-4,6,8-10,12,14-16,18,20,23-35,37,39-43H2,1-2H3,(H,62,67)/b7-5-,13-11-,19-17-,22-21-,38-36+. The quantitative estimate of drug-likeness (QED) is 0.0259. The molecule has 0 saturated carbocycles. The Kier molecular flexibility index (Phi) is 39.5. The Morgan fingerprint density at radius 3 is 1.35 bits per heavy atom. The molecule has 3 fully saturated rings. The number of unbranched alkanes of at least 4 members (excludes halogenated alkanes) is 20. The van der Waals surface area contributed by atoms with Crippen LogP contribution in [-0.4, -0.2) is 193 Å². The fourth-order valence-electron chi connectivity index (χ4n) is 10.1. The Balaban J connectivity index is 1.49. The van der Waals surface area contributed by atoms with Gasteiger partial charge in [0.1, 0.15) is 73.2 Å². The number of amides is 1. The molecule has 12 N–H and O–H groups in total. The molecule has 3 aliphatic heterocycles. The van der Waals surface area contributed by atoms with Gasteiger partial charge in [-0.1, -0.05) is 184 Å². The highest BCUT2D eigenvalue weighted by molar-refractivity contribution is 5.76. The summed E-state index contributed by atoms with van der Waals surface area (Å²) in [5, 5.41) is 120. The maximum Gasteiger partial charge on any atom is 0.220 e. The van der Waals surface area contributed by atoms with Crippen LogP contribution in [0, 0.1) is 0 Å². The third kappa shape index (κ3) is 27.5. The highest BCUT2D eigenvalue weighted by atomic mass is 16.8. The fourth-order valence-corrected chi connectivity index (χ4v) is 10.1. The van der Waals surface area contributed by atoms with E-state index in [1.165, 1.54) is 77.0 Å². The molecule has 80 heavy (non-hydrogen) atoms. The minimum absolute atomic E-state index is 0.231. The molecule has 3 saturated heterocycles. The lowest BCUT2D eigenvalue weighted by Crippen LogP contribution is -2.66. The van der Waals surface area contributed by atoms with Crippen LogP contribution >= 0.6 is 0 Å². The number of hydrogen-bond acceptors (Lipinski definition) is 18. The monoisotopic (exact) mass is 1140 g/mol. The van der Waals surface area contributed by atoms with Crippen LogP contribution in [0.25, 0.3) is 0 Å². The molecule has 19 nitrogen and oxygen atoms in total. The molecule has 3 aliphatic rings. The number of carbonyl (C=O) groups is 1. The Morgan fingerprint density at radius 2 is 0.863 bits per heavy atom. The summed E-state index contributed by atoms with van der Waals surface area (Å²) in [4.78, 5) is 13.3. The third-order valence-electron chi connectivity index (χ3n) is 15.1. The molecular formula is C61H107NO18. The van der Waals surface area contributed by atoms with Gasteiger partial charge in [-0.2, -0.15) is 0 Å². The van der Waals surface area contributed by atoms with Crippen molar-refractivity contribution in [3.05, 3.63) is 60.8 Å². The van der Waals surface area contributed by atoms with E-state index >= 15 is 0 Å². The van der Waals surface area contributed by atoms with Crippen molar-refractivity contribution in [2.75, 3.05) is 26.4 Å². The van der Waals surface area contributed by atoms with E-state index in [0.717, 1.165) is 83.5 Å². The number of carbonyl (C=O) groups excluding carboxylic acids is 1. The van der Waals surface area contributed by atoms with Gasteiger partial charge in [0.15, 0.2) is 18.9 Å². The molecule has 17 atom stereocenters. The molecule has 0 aromatic heterocycles. The number of aliphatic hydroxyl groups is 11. The van der Waals surface area contributed by atoms with Crippen molar-refractivity contribution in [2.45, 2.75) is 291 Å². The van der Waals surface area contributed by atoms with Crippen LogP contribution in [0.5, 0.6) is 0 Å². The first-order valence-corrected chi connectivity index (χ1v) is 30.5. The molecule has 1 amide bonds. The zero-order valence-electron chi connectivity index (χ0n) is 48.3.